The molecular weight excluding hydrogens is 458 g/mol. The van der Waals surface area contributed by atoms with Crippen LogP contribution in [0.15, 0.2) is 36.4 Å². The second-order valence-electron chi connectivity index (χ2n) is 10.2. The van der Waals surface area contributed by atoms with Gasteiger partial charge in [-0.1, -0.05) is 44.2 Å². The summed E-state index contributed by atoms with van der Waals surface area (Å²) in [5.74, 6) is -0.0120. The molecule has 184 valence electrons. The summed E-state index contributed by atoms with van der Waals surface area (Å²) in [6, 6.07) is 10.5. The van der Waals surface area contributed by atoms with Crippen molar-refractivity contribution in [3.8, 4) is 0 Å². The molecule has 0 saturated carbocycles. The van der Waals surface area contributed by atoms with Gasteiger partial charge in [0.05, 0.1) is 15.6 Å². The van der Waals surface area contributed by atoms with E-state index in [1.807, 2.05) is 30.3 Å². The van der Waals surface area contributed by atoms with Crippen LogP contribution in [0.2, 0.25) is 0 Å². The first kappa shape index (κ1) is 23.9. The summed E-state index contributed by atoms with van der Waals surface area (Å²) in [5, 5.41) is 7.16. The van der Waals surface area contributed by atoms with Crippen LogP contribution in [0.1, 0.15) is 64.7 Å². The molecule has 3 unspecified atom stereocenters. The predicted octanol–water partition coefficient (Wildman–Crippen LogP) is 2.95. The SMILES string of the molecule is CC(C)Cc1ccc(C2(N)C(=O)C(N)c3c(C(=O)NC4CCCNC4)sc4c(N)ccc2c34)cc1. The smallest absolute Gasteiger partial charge is 0.262 e. The molecule has 1 fully saturated rings. The minimum atomic E-state index is -1.42. The maximum absolute atomic E-state index is 13.8. The van der Waals surface area contributed by atoms with Crippen LogP contribution in [0.25, 0.3) is 10.1 Å². The number of thiophene rings is 1. The van der Waals surface area contributed by atoms with Crippen LogP contribution in [0, 0.1) is 5.92 Å². The van der Waals surface area contributed by atoms with E-state index in [9.17, 15) is 9.59 Å². The number of nitrogens with one attached hydrogen (secondary N) is 2. The van der Waals surface area contributed by atoms with Crippen molar-refractivity contribution < 1.29 is 9.59 Å². The maximum Gasteiger partial charge on any atom is 0.262 e. The first-order valence-corrected chi connectivity index (χ1v) is 13.1. The molecule has 35 heavy (non-hydrogen) atoms. The average Bonchev–Trinajstić information content (AvgIpc) is 3.25. The van der Waals surface area contributed by atoms with E-state index in [0.717, 1.165) is 42.4 Å². The zero-order valence-electron chi connectivity index (χ0n) is 20.2. The lowest BCUT2D eigenvalue weighted by atomic mass is 9.70. The standard InChI is InChI=1S/C27H33N5O2S/c1-14(2)12-15-5-7-16(8-6-15)27(30)18-9-10-19(28)23-20(18)21(22(29)25(27)33)24(35-23)26(34)32-17-4-3-11-31-13-17/h5-10,14,17,22,31H,3-4,11-13,28-30H2,1-2H3,(H,32,34). The molecule has 7 nitrogen and oxygen atoms in total. The molecule has 2 heterocycles. The average molecular weight is 492 g/mol. The highest BCUT2D eigenvalue weighted by atomic mass is 32.1. The minimum absolute atomic E-state index is 0.0407. The number of piperidine rings is 1. The zero-order valence-corrected chi connectivity index (χ0v) is 21.0. The number of carbonyl (C=O) groups excluding carboxylic acids is 2. The Bertz CT molecular complexity index is 1290. The van der Waals surface area contributed by atoms with Gasteiger partial charge in [-0.25, -0.2) is 0 Å². The molecule has 1 aliphatic carbocycles. The maximum atomic E-state index is 13.8. The van der Waals surface area contributed by atoms with Gasteiger partial charge in [-0.05, 0) is 54.5 Å². The molecule has 8 N–H and O–H groups in total. The van der Waals surface area contributed by atoms with Crippen LogP contribution in [0.4, 0.5) is 5.69 Å². The van der Waals surface area contributed by atoms with Crippen molar-refractivity contribution >= 4 is 38.8 Å². The van der Waals surface area contributed by atoms with Crippen LogP contribution >= 0.6 is 11.3 Å². The Morgan fingerprint density at radius 3 is 2.63 bits per heavy atom. The van der Waals surface area contributed by atoms with E-state index in [-0.39, 0.29) is 17.7 Å². The second kappa shape index (κ2) is 9.02. The largest absolute Gasteiger partial charge is 0.398 e. The third-order valence-corrected chi connectivity index (χ3v) is 8.46. The predicted molar refractivity (Wildman–Crippen MR) is 141 cm³/mol. The number of Topliss-reactive ketones (excluding diaryl/α,β-unsaturated/α-hetero) is 1. The number of anilines is 1. The Hall–Kier alpha value is -2.78. The van der Waals surface area contributed by atoms with Crippen molar-refractivity contribution in [3.63, 3.8) is 0 Å². The number of ketones is 1. The molecule has 2 aromatic carbocycles. The fourth-order valence-electron chi connectivity index (χ4n) is 5.45. The molecule has 0 spiro atoms. The molecule has 3 atom stereocenters. The van der Waals surface area contributed by atoms with Gasteiger partial charge in [0.15, 0.2) is 5.78 Å². The molecule has 0 bridgehead atoms. The van der Waals surface area contributed by atoms with Gasteiger partial charge in [0.1, 0.15) is 5.54 Å². The summed E-state index contributed by atoms with van der Waals surface area (Å²) < 4.78 is 0.749. The van der Waals surface area contributed by atoms with Gasteiger partial charge in [0, 0.05) is 29.2 Å². The highest BCUT2D eigenvalue weighted by Gasteiger charge is 2.48. The van der Waals surface area contributed by atoms with Gasteiger partial charge in [-0.2, -0.15) is 0 Å². The number of benzene rings is 2. The van der Waals surface area contributed by atoms with Crippen molar-refractivity contribution in [2.24, 2.45) is 17.4 Å². The summed E-state index contributed by atoms with van der Waals surface area (Å²) in [7, 11) is 0. The zero-order chi connectivity index (χ0) is 24.9. The van der Waals surface area contributed by atoms with Crippen LogP contribution in [0.5, 0.6) is 0 Å². The Morgan fingerprint density at radius 2 is 1.97 bits per heavy atom. The van der Waals surface area contributed by atoms with Crippen molar-refractivity contribution in [1.82, 2.24) is 10.6 Å². The van der Waals surface area contributed by atoms with E-state index < -0.39 is 11.6 Å². The van der Waals surface area contributed by atoms with Crippen LogP contribution < -0.4 is 27.8 Å². The molecule has 3 aromatic rings. The van der Waals surface area contributed by atoms with Crippen molar-refractivity contribution in [3.05, 3.63) is 63.5 Å². The lowest BCUT2D eigenvalue weighted by Gasteiger charge is -2.36. The summed E-state index contributed by atoms with van der Waals surface area (Å²) in [6.45, 7) is 6.02. The number of amides is 1. The Labute approximate surface area is 209 Å². The minimum Gasteiger partial charge on any atom is -0.398 e. The van der Waals surface area contributed by atoms with E-state index in [2.05, 4.69) is 24.5 Å². The van der Waals surface area contributed by atoms with Crippen molar-refractivity contribution in [2.75, 3.05) is 18.8 Å². The van der Waals surface area contributed by atoms with Crippen LogP contribution in [-0.2, 0) is 16.8 Å². The molecule has 1 aliphatic heterocycles. The van der Waals surface area contributed by atoms with Gasteiger partial charge in [-0.3, -0.25) is 9.59 Å². The molecule has 5 rings (SSSR count). The number of hydrogen-bond acceptors (Lipinski definition) is 7. The van der Waals surface area contributed by atoms with Crippen molar-refractivity contribution in [2.45, 2.75) is 50.7 Å². The number of carbonyl (C=O) groups is 2. The molecule has 1 saturated heterocycles. The second-order valence-corrected chi connectivity index (χ2v) is 11.2. The summed E-state index contributed by atoms with van der Waals surface area (Å²) in [6.07, 6.45) is 2.86. The highest BCUT2D eigenvalue weighted by Crippen LogP contribution is 2.49. The number of rotatable bonds is 5. The normalized spacial score (nSPS) is 24.2. The molecule has 8 heteroatoms. The number of hydrogen-bond donors (Lipinski definition) is 5. The number of nitrogens with two attached hydrogens (primary N) is 3. The summed E-state index contributed by atoms with van der Waals surface area (Å²) >= 11 is 1.29. The first-order valence-electron chi connectivity index (χ1n) is 12.3. The van der Waals surface area contributed by atoms with Gasteiger partial charge >= 0.3 is 0 Å². The van der Waals surface area contributed by atoms with E-state index in [1.54, 1.807) is 6.07 Å². The highest BCUT2D eigenvalue weighted by molar-refractivity contribution is 7.21. The molecule has 1 aromatic heterocycles. The van der Waals surface area contributed by atoms with E-state index in [0.29, 0.717) is 33.2 Å². The molecule has 0 radical (unpaired) electrons. The van der Waals surface area contributed by atoms with Gasteiger partial charge < -0.3 is 27.8 Å². The fourth-order valence-corrected chi connectivity index (χ4v) is 6.65. The van der Waals surface area contributed by atoms with Gasteiger partial charge in [0.25, 0.3) is 5.91 Å². The molecule has 2 aliphatic rings. The van der Waals surface area contributed by atoms with Crippen molar-refractivity contribution in [1.29, 1.82) is 0 Å². The summed E-state index contributed by atoms with van der Waals surface area (Å²) in [4.78, 5) is 27.6. The van der Waals surface area contributed by atoms with Crippen LogP contribution in [0.3, 0.4) is 0 Å². The van der Waals surface area contributed by atoms with E-state index in [4.69, 9.17) is 17.2 Å². The Kier molecular flexibility index (Phi) is 6.17. The fraction of sp³-hybridized carbons (Fsp3) is 0.407. The quantitative estimate of drug-likeness (QED) is 0.348. The molecule has 1 amide bonds. The lowest BCUT2D eigenvalue weighted by molar-refractivity contribution is -0.124. The Morgan fingerprint density at radius 1 is 1.23 bits per heavy atom. The first-order chi connectivity index (χ1) is 16.7. The topological polar surface area (TPSA) is 136 Å². The molecular formula is C27H33N5O2S. The number of nitrogen functional groups attached to an aromatic ring is 1. The van der Waals surface area contributed by atoms with Gasteiger partial charge in [0.2, 0.25) is 0 Å². The monoisotopic (exact) mass is 491 g/mol. The third kappa shape index (κ3) is 3.94. The van der Waals surface area contributed by atoms with E-state index in [1.165, 1.54) is 16.9 Å². The Balaban J connectivity index is 1.62. The van der Waals surface area contributed by atoms with Crippen LogP contribution in [-0.4, -0.2) is 30.8 Å². The van der Waals surface area contributed by atoms with E-state index >= 15 is 0 Å². The van der Waals surface area contributed by atoms with Gasteiger partial charge in [-0.15, -0.1) is 11.3 Å². The summed E-state index contributed by atoms with van der Waals surface area (Å²) in [5.41, 5.74) is 22.0. The third-order valence-electron chi connectivity index (χ3n) is 7.20. The lowest BCUT2D eigenvalue weighted by Crippen LogP contribution is -2.52.